The smallest absolute Gasteiger partial charge is 0.260 e. The number of pyridine rings is 2. The SMILES string of the molecule is Cn1nccc1Nc1cc(-c2cc(F)c3c(c2)CCN3C(=O)[C@@H](O)c2cccnc2Cl)ccn1. The molecule has 34 heavy (non-hydrogen) atoms. The number of aromatic nitrogens is 4. The van der Waals surface area contributed by atoms with E-state index in [0.717, 1.165) is 11.4 Å². The minimum atomic E-state index is -1.54. The largest absolute Gasteiger partial charge is 0.378 e. The third kappa shape index (κ3) is 4.00. The zero-order valence-corrected chi connectivity index (χ0v) is 18.9. The summed E-state index contributed by atoms with van der Waals surface area (Å²) >= 11 is 6.02. The zero-order chi connectivity index (χ0) is 23.8. The van der Waals surface area contributed by atoms with Crippen molar-refractivity contribution in [2.24, 2.45) is 7.05 Å². The van der Waals surface area contributed by atoms with E-state index in [0.29, 0.717) is 23.4 Å². The lowest BCUT2D eigenvalue weighted by molar-refractivity contribution is -0.126. The molecule has 0 bridgehead atoms. The van der Waals surface area contributed by atoms with Crippen LogP contribution in [-0.2, 0) is 18.3 Å². The first kappa shape index (κ1) is 22.0. The van der Waals surface area contributed by atoms with Crippen LogP contribution in [0, 0.1) is 5.82 Å². The lowest BCUT2D eigenvalue weighted by atomic mass is 10.0. The summed E-state index contributed by atoms with van der Waals surface area (Å²) in [5.41, 5.74) is 2.48. The third-order valence-electron chi connectivity index (χ3n) is 5.77. The topological polar surface area (TPSA) is 96.2 Å². The van der Waals surface area contributed by atoms with Crippen molar-refractivity contribution in [3.05, 3.63) is 83.2 Å². The van der Waals surface area contributed by atoms with Crippen LogP contribution in [0.3, 0.4) is 0 Å². The number of amides is 1. The molecule has 0 radical (unpaired) electrons. The molecule has 1 aliphatic rings. The molecule has 1 aliphatic heterocycles. The maximum atomic E-state index is 15.3. The summed E-state index contributed by atoms with van der Waals surface area (Å²) in [6, 6.07) is 11.8. The number of benzene rings is 1. The number of nitrogens with zero attached hydrogens (tertiary/aromatic N) is 5. The van der Waals surface area contributed by atoms with Gasteiger partial charge in [-0.3, -0.25) is 9.48 Å². The Bertz CT molecular complexity index is 1390. The monoisotopic (exact) mass is 478 g/mol. The number of carbonyl (C=O) groups excluding carboxylic acids is 1. The average Bonchev–Trinajstić information content (AvgIpc) is 3.45. The second-order valence-electron chi connectivity index (χ2n) is 7.89. The first-order valence-electron chi connectivity index (χ1n) is 10.6. The Labute approximate surface area is 199 Å². The van der Waals surface area contributed by atoms with E-state index in [1.807, 2.05) is 25.2 Å². The molecule has 172 valence electrons. The van der Waals surface area contributed by atoms with Crippen molar-refractivity contribution in [3.63, 3.8) is 0 Å². The Morgan fingerprint density at radius 1 is 1.15 bits per heavy atom. The summed E-state index contributed by atoms with van der Waals surface area (Å²) in [7, 11) is 1.81. The molecule has 1 aromatic carbocycles. The summed E-state index contributed by atoms with van der Waals surface area (Å²) in [6.07, 6.45) is 3.71. The molecule has 0 unspecified atom stereocenters. The van der Waals surface area contributed by atoms with E-state index in [-0.39, 0.29) is 22.9 Å². The van der Waals surface area contributed by atoms with Crippen molar-refractivity contribution < 1.29 is 14.3 Å². The Morgan fingerprint density at radius 3 is 2.76 bits per heavy atom. The molecular formula is C24H20ClFN6O2. The fraction of sp³-hybridized carbons (Fsp3) is 0.167. The number of aryl methyl sites for hydroxylation is 1. The van der Waals surface area contributed by atoms with Gasteiger partial charge in [-0.2, -0.15) is 5.10 Å². The molecule has 10 heteroatoms. The van der Waals surface area contributed by atoms with Gasteiger partial charge in [-0.15, -0.1) is 0 Å². The van der Waals surface area contributed by atoms with Gasteiger partial charge in [-0.1, -0.05) is 17.7 Å². The lowest BCUT2D eigenvalue weighted by Crippen LogP contribution is -2.34. The quantitative estimate of drug-likeness (QED) is 0.420. The van der Waals surface area contributed by atoms with Crippen LogP contribution in [0.5, 0.6) is 0 Å². The van der Waals surface area contributed by atoms with E-state index >= 15 is 4.39 Å². The maximum Gasteiger partial charge on any atom is 0.260 e. The van der Waals surface area contributed by atoms with E-state index < -0.39 is 17.8 Å². The van der Waals surface area contributed by atoms with Crippen molar-refractivity contribution in [3.8, 4) is 11.1 Å². The summed E-state index contributed by atoms with van der Waals surface area (Å²) in [5, 5.41) is 17.9. The fourth-order valence-corrected chi connectivity index (χ4v) is 4.29. The van der Waals surface area contributed by atoms with Gasteiger partial charge in [0.2, 0.25) is 0 Å². The van der Waals surface area contributed by atoms with Crippen molar-refractivity contribution >= 4 is 34.8 Å². The van der Waals surface area contributed by atoms with E-state index in [2.05, 4.69) is 20.4 Å². The number of carbonyl (C=O) groups is 1. The van der Waals surface area contributed by atoms with E-state index in [9.17, 15) is 9.90 Å². The maximum absolute atomic E-state index is 15.3. The molecule has 4 aromatic rings. The molecule has 0 aliphatic carbocycles. The molecular weight excluding hydrogens is 459 g/mol. The second-order valence-corrected chi connectivity index (χ2v) is 8.24. The van der Waals surface area contributed by atoms with E-state index in [4.69, 9.17) is 11.6 Å². The molecule has 0 fully saturated rings. The summed E-state index contributed by atoms with van der Waals surface area (Å²) in [6.45, 7) is 0.257. The highest BCUT2D eigenvalue weighted by molar-refractivity contribution is 6.30. The molecule has 4 heterocycles. The number of aliphatic hydroxyl groups excluding tert-OH is 1. The van der Waals surface area contributed by atoms with Crippen molar-refractivity contribution in [1.29, 1.82) is 0 Å². The number of fused-ring (bicyclic) bond motifs is 1. The third-order valence-corrected chi connectivity index (χ3v) is 6.09. The van der Waals surface area contributed by atoms with Gasteiger partial charge in [-0.25, -0.2) is 14.4 Å². The van der Waals surface area contributed by atoms with Crippen LogP contribution >= 0.6 is 11.6 Å². The Kier molecular flexibility index (Phi) is 5.72. The van der Waals surface area contributed by atoms with Crippen LogP contribution in [0.15, 0.2) is 61.1 Å². The number of hydrogen-bond donors (Lipinski definition) is 2. The van der Waals surface area contributed by atoms with Crippen LogP contribution in [0.2, 0.25) is 5.15 Å². The molecule has 2 N–H and O–H groups in total. The minimum Gasteiger partial charge on any atom is -0.378 e. The van der Waals surface area contributed by atoms with Gasteiger partial charge in [-0.05, 0) is 53.4 Å². The van der Waals surface area contributed by atoms with Crippen molar-refractivity contribution in [1.82, 2.24) is 19.7 Å². The highest BCUT2D eigenvalue weighted by atomic mass is 35.5. The number of rotatable bonds is 5. The Morgan fingerprint density at radius 2 is 2.00 bits per heavy atom. The lowest BCUT2D eigenvalue weighted by Gasteiger charge is -2.22. The van der Waals surface area contributed by atoms with Crippen LogP contribution in [0.4, 0.5) is 21.7 Å². The first-order valence-corrected chi connectivity index (χ1v) is 10.9. The van der Waals surface area contributed by atoms with Gasteiger partial charge in [0, 0.05) is 37.6 Å². The normalized spacial score (nSPS) is 13.6. The fourth-order valence-electron chi connectivity index (χ4n) is 4.07. The Balaban J connectivity index is 1.43. The molecule has 1 amide bonds. The van der Waals surface area contributed by atoms with Crippen LogP contribution in [0.1, 0.15) is 17.2 Å². The highest BCUT2D eigenvalue weighted by Crippen LogP contribution is 2.37. The van der Waals surface area contributed by atoms with E-state index in [1.54, 1.807) is 29.2 Å². The van der Waals surface area contributed by atoms with Crippen LogP contribution in [-0.4, -0.2) is 37.3 Å². The molecule has 0 saturated heterocycles. The highest BCUT2D eigenvalue weighted by Gasteiger charge is 2.33. The van der Waals surface area contributed by atoms with Crippen LogP contribution < -0.4 is 10.2 Å². The van der Waals surface area contributed by atoms with Gasteiger partial charge in [0.05, 0.1) is 11.9 Å². The molecule has 3 aromatic heterocycles. The summed E-state index contributed by atoms with van der Waals surface area (Å²) in [5.74, 6) is 0.175. The first-order chi connectivity index (χ1) is 16.4. The number of nitrogens with one attached hydrogen (secondary N) is 1. The standard InChI is InChI=1S/C24H20ClFN6O2/c1-31-20(5-9-29-31)30-19-13-14(4-8-27-19)16-11-15-6-10-32(21(15)18(26)12-16)24(34)22(33)17-3-2-7-28-23(17)25/h2-5,7-9,11-13,22,33H,6,10H2,1H3,(H,27,30)/t22-/m0/s1. The zero-order valence-electron chi connectivity index (χ0n) is 18.1. The van der Waals surface area contributed by atoms with E-state index in [1.165, 1.54) is 23.2 Å². The minimum absolute atomic E-state index is 0.0341. The van der Waals surface area contributed by atoms with Crippen LogP contribution in [0.25, 0.3) is 11.1 Å². The van der Waals surface area contributed by atoms with Gasteiger partial charge >= 0.3 is 0 Å². The Hall–Kier alpha value is -3.82. The number of hydrogen-bond acceptors (Lipinski definition) is 6. The molecule has 0 spiro atoms. The predicted molar refractivity (Wildman–Crippen MR) is 126 cm³/mol. The van der Waals surface area contributed by atoms with Gasteiger partial charge in [0.25, 0.3) is 5.91 Å². The van der Waals surface area contributed by atoms with Gasteiger partial charge in [0.15, 0.2) is 6.10 Å². The molecule has 5 rings (SSSR count). The average molecular weight is 479 g/mol. The molecule has 0 saturated carbocycles. The number of anilines is 3. The van der Waals surface area contributed by atoms with Crippen molar-refractivity contribution in [2.45, 2.75) is 12.5 Å². The second kappa shape index (κ2) is 8.85. The molecule has 8 nitrogen and oxygen atoms in total. The van der Waals surface area contributed by atoms with Gasteiger partial charge < -0.3 is 15.3 Å². The molecule has 1 atom stereocenters. The van der Waals surface area contributed by atoms with Crippen molar-refractivity contribution in [2.75, 3.05) is 16.8 Å². The predicted octanol–water partition coefficient (Wildman–Crippen LogP) is 4.04. The number of halogens is 2. The number of aliphatic hydroxyl groups is 1. The summed E-state index contributed by atoms with van der Waals surface area (Å²) < 4.78 is 17.0. The van der Waals surface area contributed by atoms with Gasteiger partial charge in [0.1, 0.15) is 22.6 Å². The summed E-state index contributed by atoms with van der Waals surface area (Å²) in [4.78, 5) is 22.5.